The second-order valence-electron chi connectivity index (χ2n) is 4.65. The highest BCUT2D eigenvalue weighted by molar-refractivity contribution is 9.10. The van der Waals surface area contributed by atoms with E-state index in [1.807, 2.05) is 11.9 Å². The minimum absolute atomic E-state index is 0.115. The molecule has 2 heterocycles. The van der Waals surface area contributed by atoms with Crippen LogP contribution in [-0.4, -0.2) is 61.1 Å². The van der Waals surface area contributed by atoms with Crippen LogP contribution in [0.5, 0.6) is 0 Å². The summed E-state index contributed by atoms with van der Waals surface area (Å²) in [5, 5.41) is 4.05. The number of likely N-dealkylation sites (N-methyl/N-ethyl adjacent to an activating group) is 1. The van der Waals surface area contributed by atoms with Crippen molar-refractivity contribution < 1.29 is 4.74 Å². The van der Waals surface area contributed by atoms with Crippen LogP contribution < -0.4 is 10.5 Å². The van der Waals surface area contributed by atoms with E-state index >= 15 is 0 Å². The zero-order valence-corrected chi connectivity index (χ0v) is 12.9. The maximum Gasteiger partial charge on any atom is 0.282 e. The van der Waals surface area contributed by atoms with Gasteiger partial charge in [-0.05, 0) is 15.9 Å². The molecule has 0 aromatic carbocycles. The lowest BCUT2D eigenvalue weighted by atomic mass is 10.3. The summed E-state index contributed by atoms with van der Waals surface area (Å²) in [5.41, 5.74) is 0.715. The topological polar surface area (TPSA) is 50.6 Å². The molecule has 6 nitrogen and oxygen atoms in total. The summed E-state index contributed by atoms with van der Waals surface area (Å²) in [6, 6.07) is 0. The van der Waals surface area contributed by atoms with Crippen molar-refractivity contribution in [2.75, 3.05) is 51.3 Å². The molecule has 1 aromatic rings. The lowest BCUT2D eigenvalue weighted by Gasteiger charge is -2.29. The maximum atomic E-state index is 11.8. The molecular formula is C12H19BrN4O2. The molecule has 0 N–H and O–H groups in total. The van der Waals surface area contributed by atoms with Gasteiger partial charge in [0, 0.05) is 40.3 Å². The molecule has 0 radical (unpaired) electrons. The summed E-state index contributed by atoms with van der Waals surface area (Å²) in [5.74, 6) is 0. The number of morpholine rings is 1. The number of hydrogen-bond acceptors (Lipinski definition) is 5. The number of rotatable bonds is 4. The Labute approximate surface area is 121 Å². The lowest BCUT2D eigenvalue weighted by Crippen LogP contribution is -2.41. The highest BCUT2D eigenvalue weighted by Crippen LogP contribution is 2.19. The Kier molecular flexibility index (Phi) is 4.95. The number of halogens is 1. The van der Waals surface area contributed by atoms with Gasteiger partial charge in [0.15, 0.2) is 0 Å². The van der Waals surface area contributed by atoms with E-state index in [-0.39, 0.29) is 5.56 Å². The smallest absolute Gasteiger partial charge is 0.282 e. The monoisotopic (exact) mass is 330 g/mol. The summed E-state index contributed by atoms with van der Waals surface area (Å²) >= 11 is 3.35. The second kappa shape index (κ2) is 6.49. The van der Waals surface area contributed by atoms with Crippen molar-refractivity contribution in [3.63, 3.8) is 0 Å². The lowest BCUT2D eigenvalue weighted by molar-refractivity contribution is 0.0393. The van der Waals surface area contributed by atoms with Crippen LogP contribution >= 0.6 is 15.9 Å². The summed E-state index contributed by atoms with van der Waals surface area (Å²) in [6.45, 7) is 5.38. The van der Waals surface area contributed by atoms with Crippen LogP contribution in [0.3, 0.4) is 0 Å². The zero-order valence-electron chi connectivity index (χ0n) is 11.3. The molecule has 0 saturated carbocycles. The number of ether oxygens (including phenoxy) is 1. The molecular weight excluding hydrogens is 312 g/mol. The van der Waals surface area contributed by atoms with Crippen LogP contribution in [0.1, 0.15) is 0 Å². The SMILES string of the molecule is CN(CCN1CCOCC1)c1cnn(C)c(=O)c1Br. The first-order valence-electron chi connectivity index (χ1n) is 6.32. The summed E-state index contributed by atoms with van der Waals surface area (Å²) < 4.78 is 7.21. The summed E-state index contributed by atoms with van der Waals surface area (Å²) in [4.78, 5) is 16.2. The Balaban J connectivity index is 1.97. The van der Waals surface area contributed by atoms with Gasteiger partial charge in [-0.3, -0.25) is 9.69 Å². The Morgan fingerprint density at radius 3 is 2.84 bits per heavy atom. The Bertz CT molecular complexity index is 485. The molecule has 0 spiro atoms. The second-order valence-corrected chi connectivity index (χ2v) is 5.44. The fourth-order valence-electron chi connectivity index (χ4n) is 2.00. The van der Waals surface area contributed by atoms with Gasteiger partial charge >= 0.3 is 0 Å². The summed E-state index contributed by atoms with van der Waals surface area (Å²) in [7, 11) is 3.62. The molecule has 0 unspecified atom stereocenters. The average molecular weight is 331 g/mol. The van der Waals surface area contributed by atoms with Gasteiger partial charge in [0.25, 0.3) is 5.56 Å². The summed E-state index contributed by atoms with van der Waals surface area (Å²) in [6.07, 6.45) is 1.71. The van der Waals surface area contributed by atoms with Crippen LogP contribution in [0.2, 0.25) is 0 Å². The molecule has 0 atom stereocenters. The Morgan fingerprint density at radius 1 is 1.47 bits per heavy atom. The van der Waals surface area contributed by atoms with Gasteiger partial charge in [-0.15, -0.1) is 0 Å². The molecule has 1 aliphatic heterocycles. The van der Waals surface area contributed by atoms with E-state index in [2.05, 4.69) is 25.9 Å². The van der Waals surface area contributed by atoms with Gasteiger partial charge in [0.05, 0.1) is 25.1 Å². The third kappa shape index (κ3) is 3.55. The minimum atomic E-state index is -0.115. The van der Waals surface area contributed by atoms with E-state index < -0.39 is 0 Å². The van der Waals surface area contributed by atoms with Crippen molar-refractivity contribution in [1.29, 1.82) is 0 Å². The minimum Gasteiger partial charge on any atom is -0.379 e. The average Bonchev–Trinajstić information content (AvgIpc) is 2.43. The van der Waals surface area contributed by atoms with Crippen molar-refractivity contribution in [2.45, 2.75) is 0 Å². The van der Waals surface area contributed by atoms with Crippen molar-refractivity contribution >= 4 is 21.6 Å². The fourth-order valence-corrected chi connectivity index (χ4v) is 2.67. The molecule has 1 saturated heterocycles. The molecule has 106 valence electrons. The number of aromatic nitrogens is 2. The fraction of sp³-hybridized carbons (Fsp3) is 0.667. The van der Waals surface area contributed by atoms with E-state index in [0.29, 0.717) is 4.47 Å². The Morgan fingerprint density at radius 2 is 2.16 bits per heavy atom. The number of aryl methyl sites for hydroxylation is 1. The van der Waals surface area contributed by atoms with E-state index in [4.69, 9.17) is 4.74 Å². The number of nitrogens with zero attached hydrogens (tertiary/aromatic N) is 4. The molecule has 0 bridgehead atoms. The molecule has 0 amide bonds. The van der Waals surface area contributed by atoms with Crippen LogP contribution in [-0.2, 0) is 11.8 Å². The normalized spacial score (nSPS) is 16.6. The first-order chi connectivity index (χ1) is 9.09. The van der Waals surface area contributed by atoms with Crippen molar-refractivity contribution in [2.24, 2.45) is 7.05 Å². The van der Waals surface area contributed by atoms with Crippen LogP contribution in [0.15, 0.2) is 15.5 Å². The van der Waals surface area contributed by atoms with Gasteiger partial charge in [-0.2, -0.15) is 5.10 Å². The molecule has 2 rings (SSSR count). The molecule has 7 heteroatoms. The molecule has 19 heavy (non-hydrogen) atoms. The van der Waals surface area contributed by atoms with Gasteiger partial charge in [0.1, 0.15) is 4.47 Å². The van der Waals surface area contributed by atoms with E-state index in [1.54, 1.807) is 13.2 Å². The quantitative estimate of drug-likeness (QED) is 0.795. The standard InChI is InChI=1S/C12H19BrN4O2/c1-15(3-4-17-5-7-19-8-6-17)10-9-14-16(2)12(18)11(10)13/h9H,3-8H2,1-2H3. The zero-order chi connectivity index (χ0) is 13.8. The predicted octanol–water partition coefficient (Wildman–Crippen LogP) is 0.311. The first-order valence-corrected chi connectivity index (χ1v) is 7.12. The van der Waals surface area contributed by atoms with Gasteiger partial charge < -0.3 is 9.64 Å². The van der Waals surface area contributed by atoms with E-state index in [1.165, 1.54) is 4.68 Å². The highest BCUT2D eigenvalue weighted by Gasteiger charge is 2.14. The van der Waals surface area contributed by atoms with Crippen molar-refractivity contribution in [1.82, 2.24) is 14.7 Å². The molecule has 0 aliphatic carbocycles. The third-order valence-corrected chi connectivity index (χ3v) is 4.07. The predicted molar refractivity (Wildman–Crippen MR) is 77.7 cm³/mol. The number of anilines is 1. The van der Waals surface area contributed by atoms with Crippen LogP contribution in [0.25, 0.3) is 0 Å². The molecule has 1 aromatic heterocycles. The van der Waals surface area contributed by atoms with E-state index in [0.717, 1.165) is 45.1 Å². The largest absolute Gasteiger partial charge is 0.379 e. The van der Waals surface area contributed by atoms with Gasteiger partial charge in [-0.1, -0.05) is 0 Å². The first kappa shape index (κ1) is 14.5. The Hall–Kier alpha value is -0.920. The highest BCUT2D eigenvalue weighted by atomic mass is 79.9. The van der Waals surface area contributed by atoms with Gasteiger partial charge in [-0.25, -0.2) is 4.68 Å². The molecule has 1 aliphatic rings. The third-order valence-electron chi connectivity index (χ3n) is 3.33. The maximum absolute atomic E-state index is 11.8. The molecule has 1 fully saturated rings. The van der Waals surface area contributed by atoms with Crippen LogP contribution in [0.4, 0.5) is 5.69 Å². The van der Waals surface area contributed by atoms with Crippen molar-refractivity contribution in [3.8, 4) is 0 Å². The van der Waals surface area contributed by atoms with Gasteiger partial charge in [0.2, 0.25) is 0 Å². The van der Waals surface area contributed by atoms with E-state index in [9.17, 15) is 4.79 Å². The van der Waals surface area contributed by atoms with Crippen LogP contribution in [0, 0.1) is 0 Å². The number of hydrogen-bond donors (Lipinski definition) is 0. The van der Waals surface area contributed by atoms with Crippen molar-refractivity contribution in [3.05, 3.63) is 21.0 Å².